The monoisotopic (exact) mass is 251 g/mol. The molecule has 18 heavy (non-hydrogen) atoms. The molecule has 6 heteroatoms. The third-order valence-electron chi connectivity index (χ3n) is 3.41. The average Bonchev–Trinajstić information content (AvgIpc) is 2.92. The maximum absolute atomic E-state index is 11.8. The van der Waals surface area contributed by atoms with Gasteiger partial charge in [0.15, 0.2) is 0 Å². The van der Waals surface area contributed by atoms with Crippen molar-refractivity contribution in [2.75, 3.05) is 6.54 Å². The summed E-state index contributed by atoms with van der Waals surface area (Å²) in [6, 6.07) is -0.389. The molecule has 1 aromatic rings. The van der Waals surface area contributed by atoms with Crippen molar-refractivity contribution >= 4 is 11.9 Å². The number of aliphatic carboxylic acids is 1. The van der Waals surface area contributed by atoms with Crippen LogP contribution in [0.4, 0.5) is 0 Å². The van der Waals surface area contributed by atoms with E-state index in [1.165, 1.54) is 0 Å². The minimum atomic E-state index is -0.923. The molecule has 0 radical (unpaired) electrons. The van der Waals surface area contributed by atoms with Gasteiger partial charge in [-0.2, -0.15) is 5.10 Å². The Morgan fingerprint density at radius 2 is 2.22 bits per heavy atom. The molecule has 0 saturated carbocycles. The van der Waals surface area contributed by atoms with Crippen LogP contribution in [0.25, 0.3) is 0 Å². The predicted molar refractivity (Wildman–Crippen MR) is 63.8 cm³/mol. The molecule has 0 aliphatic carbocycles. The SMILES string of the molecule is CCN1C(=O)CC(C(=O)O)C1c1cnn(CC)c1. The number of nitrogens with zero attached hydrogens (tertiary/aromatic N) is 3. The number of aromatic nitrogens is 2. The second kappa shape index (κ2) is 4.80. The van der Waals surface area contributed by atoms with Gasteiger partial charge in [0.1, 0.15) is 0 Å². The summed E-state index contributed by atoms with van der Waals surface area (Å²) in [5, 5.41) is 13.4. The number of hydrogen-bond acceptors (Lipinski definition) is 3. The second-order valence-electron chi connectivity index (χ2n) is 4.40. The number of aryl methyl sites for hydroxylation is 1. The van der Waals surface area contributed by atoms with Crippen LogP contribution >= 0.6 is 0 Å². The molecule has 1 N–H and O–H groups in total. The molecule has 1 aromatic heterocycles. The first-order valence-electron chi connectivity index (χ1n) is 6.13. The van der Waals surface area contributed by atoms with E-state index in [2.05, 4.69) is 5.10 Å². The summed E-state index contributed by atoms with van der Waals surface area (Å²) in [4.78, 5) is 24.7. The van der Waals surface area contributed by atoms with Gasteiger partial charge in [-0.15, -0.1) is 0 Å². The topological polar surface area (TPSA) is 75.4 Å². The largest absolute Gasteiger partial charge is 0.481 e. The normalized spacial score (nSPS) is 23.7. The highest BCUT2D eigenvalue weighted by Crippen LogP contribution is 2.37. The van der Waals surface area contributed by atoms with Gasteiger partial charge in [0, 0.05) is 31.3 Å². The molecule has 1 aliphatic heterocycles. The lowest BCUT2D eigenvalue weighted by molar-refractivity contribution is -0.142. The van der Waals surface area contributed by atoms with Crippen LogP contribution in [0.15, 0.2) is 12.4 Å². The number of hydrogen-bond donors (Lipinski definition) is 1. The first-order valence-corrected chi connectivity index (χ1v) is 6.13. The fourth-order valence-electron chi connectivity index (χ4n) is 2.50. The molecule has 6 nitrogen and oxygen atoms in total. The van der Waals surface area contributed by atoms with E-state index in [0.29, 0.717) is 6.54 Å². The summed E-state index contributed by atoms with van der Waals surface area (Å²) in [5.74, 6) is -1.69. The summed E-state index contributed by atoms with van der Waals surface area (Å²) in [7, 11) is 0. The van der Waals surface area contributed by atoms with Gasteiger partial charge in [0.2, 0.25) is 5.91 Å². The molecule has 1 fully saturated rings. The zero-order valence-electron chi connectivity index (χ0n) is 10.5. The lowest BCUT2D eigenvalue weighted by atomic mass is 9.96. The van der Waals surface area contributed by atoms with Gasteiger partial charge in [-0.05, 0) is 13.8 Å². The van der Waals surface area contributed by atoms with Gasteiger partial charge < -0.3 is 10.0 Å². The van der Waals surface area contributed by atoms with Crippen molar-refractivity contribution in [2.45, 2.75) is 32.9 Å². The Kier molecular flexibility index (Phi) is 3.36. The van der Waals surface area contributed by atoms with E-state index in [-0.39, 0.29) is 18.4 Å². The van der Waals surface area contributed by atoms with Crippen LogP contribution in [0.5, 0.6) is 0 Å². The van der Waals surface area contributed by atoms with Gasteiger partial charge >= 0.3 is 5.97 Å². The van der Waals surface area contributed by atoms with Gasteiger partial charge in [-0.1, -0.05) is 0 Å². The molecular formula is C12H17N3O3. The highest BCUT2D eigenvalue weighted by molar-refractivity contribution is 5.87. The van der Waals surface area contributed by atoms with Crippen molar-refractivity contribution in [1.29, 1.82) is 0 Å². The van der Waals surface area contributed by atoms with E-state index >= 15 is 0 Å². The molecule has 0 bridgehead atoms. The number of carboxylic acid groups (broad SMARTS) is 1. The van der Waals surface area contributed by atoms with E-state index in [1.54, 1.807) is 15.8 Å². The van der Waals surface area contributed by atoms with Crippen molar-refractivity contribution in [2.24, 2.45) is 5.92 Å². The molecule has 2 unspecified atom stereocenters. The zero-order valence-corrected chi connectivity index (χ0v) is 10.5. The van der Waals surface area contributed by atoms with Gasteiger partial charge in [-0.25, -0.2) is 0 Å². The van der Waals surface area contributed by atoms with Gasteiger partial charge in [0.05, 0.1) is 18.2 Å². The Morgan fingerprint density at radius 1 is 1.50 bits per heavy atom. The molecule has 0 spiro atoms. The van der Waals surface area contributed by atoms with Crippen LogP contribution in [-0.2, 0) is 16.1 Å². The fraction of sp³-hybridized carbons (Fsp3) is 0.583. The van der Waals surface area contributed by atoms with Crippen LogP contribution < -0.4 is 0 Å². The smallest absolute Gasteiger partial charge is 0.309 e. The van der Waals surface area contributed by atoms with Crippen LogP contribution in [-0.4, -0.2) is 38.2 Å². The molecule has 98 valence electrons. The quantitative estimate of drug-likeness (QED) is 0.862. The van der Waals surface area contributed by atoms with Crippen molar-refractivity contribution in [3.05, 3.63) is 18.0 Å². The predicted octanol–water partition coefficient (Wildman–Crippen LogP) is 0.897. The standard InChI is InChI=1S/C12H17N3O3/c1-3-14-7-8(6-13-14)11-9(12(17)18)5-10(16)15(11)4-2/h6-7,9,11H,3-5H2,1-2H3,(H,17,18). The van der Waals surface area contributed by atoms with Crippen LogP contribution in [0, 0.1) is 5.92 Å². The number of amides is 1. The van der Waals surface area contributed by atoms with Gasteiger partial charge in [0.25, 0.3) is 0 Å². The molecule has 2 rings (SSSR count). The molecule has 2 heterocycles. The molecular weight excluding hydrogens is 234 g/mol. The Labute approximate surface area is 105 Å². The van der Waals surface area contributed by atoms with E-state index in [9.17, 15) is 14.7 Å². The van der Waals surface area contributed by atoms with E-state index in [1.807, 2.05) is 20.0 Å². The molecule has 0 aromatic carbocycles. The second-order valence-corrected chi connectivity index (χ2v) is 4.40. The van der Waals surface area contributed by atoms with E-state index < -0.39 is 11.9 Å². The molecule has 2 atom stereocenters. The summed E-state index contributed by atoms with van der Waals surface area (Å²) >= 11 is 0. The Balaban J connectivity index is 2.36. The van der Waals surface area contributed by atoms with Crippen LogP contribution in [0.3, 0.4) is 0 Å². The fourth-order valence-corrected chi connectivity index (χ4v) is 2.50. The Bertz CT molecular complexity index is 469. The number of carboxylic acids is 1. The third kappa shape index (κ3) is 1.98. The van der Waals surface area contributed by atoms with E-state index in [0.717, 1.165) is 12.1 Å². The van der Waals surface area contributed by atoms with Crippen molar-refractivity contribution in [3.63, 3.8) is 0 Å². The van der Waals surface area contributed by atoms with Crippen molar-refractivity contribution in [1.82, 2.24) is 14.7 Å². The number of likely N-dealkylation sites (tertiary alicyclic amines) is 1. The number of carbonyl (C=O) groups is 2. The molecule has 1 saturated heterocycles. The highest BCUT2D eigenvalue weighted by Gasteiger charge is 2.44. The minimum absolute atomic E-state index is 0.0745. The summed E-state index contributed by atoms with van der Waals surface area (Å²) in [6.45, 7) is 5.07. The lowest BCUT2D eigenvalue weighted by Crippen LogP contribution is -2.30. The summed E-state index contributed by atoms with van der Waals surface area (Å²) in [6.07, 6.45) is 3.55. The number of rotatable bonds is 4. The Hall–Kier alpha value is -1.85. The van der Waals surface area contributed by atoms with Gasteiger partial charge in [-0.3, -0.25) is 14.3 Å². The van der Waals surface area contributed by atoms with Crippen molar-refractivity contribution in [3.8, 4) is 0 Å². The summed E-state index contributed by atoms with van der Waals surface area (Å²) < 4.78 is 1.74. The van der Waals surface area contributed by atoms with E-state index in [4.69, 9.17) is 0 Å². The van der Waals surface area contributed by atoms with Crippen LogP contribution in [0.2, 0.25) is 0 Å². The van der Waals surface area contributed by atoms with Crippen molar-refractivity contribution < 1.29 is 14.7 Å². The third-order valence-corrected chi connectivity index (χ3v) is 3.41. The zero-order chi connectivity index (χ0) is 13.3. The first kappa shape index (κ1) is 12.6. The average molecular weight is 251 g/mol. The molecule has 1 amide bonds. The molecule has 1 aliphatic rings. The number of carbonyl (C=O) groups excluding carboxylic acids is 1. The Morgan fingerprint density at radius 3 is 2.72 bits per heavy atom. The minimum Gasteiger partial charge on any atom is -0.481 e. The first-order chi connectivity index (χ1) is 8.58. The summed E-state index contributed by atoms with van der Waals surface area (Å²) in [5.41, 5.74) is 0.803. The highest BCUT2D eigenvalue weighted by atomic mass is 16.4. The van der Waals surface area contributed by atoms with Crippen LogP contribution in [0.1, 0.15) is 31.9 Å². The lowest BCUT2D eigenvalue weighted by Gasteiger charge is -2.24. The maximum atomic E-state index is 11.8. The maximum Gasteiger partial charge on any atom is 0.309 e.